The Morgan fingerprint density at radius 2 is 2.21 bits per heavy atom. The Bertz CT molecular complexity index is 658. The molecule has 0 aliphatic rings. The highest BCUT2D eigenvalue weighted by atomic mass is 16.4. The number of benzene rings is 1. The van der Waals surface area contributed by atoms with Gasteiger partial charge in [0.05, 0.1) is 5.92 Å². The first-order valence-corrected chi connectivity index (χ1v) is 5.78. The first kappa shape index (κ1) is 12.9. The fourth-order valence-electron chi connectivity index (χ4n) is 2.01. The summed E-state index contributed by atoms with van der Waals surface area (Å²) in [6.07, 6.45) is 3.47. The molecule has 1 atom stereocenters. The highest BCUT2D eigenvalue weighted by molar-refractivity contribution is 5.97. The summed E-state index contributed by atoms with van der Waals surface area (Å²) in [5.74, 6) is -2.08. The molecule has 0 aliphatic heterocycles. The fourth-order valence-corrected chi connectivity index (χ4v) is 2.01. The number of hydrogen-bond acceptors (Lipinski definition) is 2. The lowest BCUT2D eigenvalue weighted by atomic mass is 9.98. The van der Waals surface area contributed by atoms with Crippen LogP contribution >= 0.6 is 0 Å². The van der Waals surface area contributed by atoms with Gasteiger partial charge in [-0.15, -0.1) is 6.58 Å². The summed E-state index contributed by atoms with van der Waals surface area (Å²) in [6, 6.07) is 5.06. The summed E-state index contributed by atoms with van der Waals surface area (Å²) in [5, 5.41) is 9.84. The summed E-state index contributed by atoms with van der Waals surface area (Å²) in [6.45, 7) is 3.52. The van der Waals surface area contributed by atoms with E-state index in [2.05, 4.69) is 11.6 Å². The van der Waals surface area contributed by atoms with E-state index in [9.17, 15) is 9.59 Å². The van der Waals surface area contributed by atoms with Gasteiger partial charge in [0.1, 0.15) is 0 Å². The van der Waals surface area contributed by atoms with E-state index in [1.807, 2.05) is 0 Å². The number of aromatic amines is 1. The Morgan fingerprint density at radius 3 is 2.79 bits per heavy atom. The van der Waals surface area contributed by atoms with Crippen molar-refractivity contribution in [1.29, 1.82) is 0 Å². The van der Waals surface area contributed by atoms with Gasteiger partial charge >= 0.3 is 5.97 Å². The van der Waals surface area contributed by atoms with E-state index in [1.165, 1.54) is 6.08 Å². The van der Waals surface area contributed by atoms with Crippen LogP contribution in [0.25, 0.3) is 10.9 Å². The predicted octanol–water partition coefficient (Wildman–Crippen LogP) is 1.70. The van der Waals surface area contributed by atoms with E-state index in [0.717, 1.165) is 16.5 Å². The normalized spacial score (nSPS) is 12.2. The van der Waals surface area contributed by atoms with Crippen LogP contribution in [-0.2, 0) is 11.2 Å². The number of hydrogen-bond donors (Lipinski definition) is 3. The molecule has 98 valence electrons. The topological polar surface area (TPSA) is 96.2 Å². The summed E-state index contributed by atoms with van der Waals surface area (Å²) in [7, 11) is 0. The smallest absolute Gasteiger partial charge is 0.310 e. The molecule has 0 unspecified atom stereocenters. The third-order valence-corrected chi connectivity index (χ3v) is 3.09. The minimum absolute atomic E-state index is 0.320. The number of H-pyrrole nitrogens is 1. The molecule has 2 rings (SSSR count). The van der Waals surface area contributed by atoms with Gasteiger partial charge in [-0.1, -0.05) is 6.08 Å². The Balaban J connectivity index is 2.43. The van der Waals surface area contributed by atoms with E-state index >= 15 is 0 Å². The van der Waals surface area contributed by atoms with Gasteiger partial charge < -0.3 is 15.8 Å². The van der Waals surface area contributed by atoms with E-state index in [-0.39, 0.29) is 0 Å². The highest BCUT2D eigenvalue weighted by Gasteiger charge is 2.16. The number of fused-ring (bicyclic) bond motifs is 1. The number of rotatable bonds is 5. The predicted molar refractivity (Wildman–Crippen MR) is 71.8 cm³/mol. The molecule has 5 heteroatoms. The van der Waals surface area contributed by atoms with Crippen molar-refractivity contribution in [1.82, 2.24) is 4.98 Å². The van der Waals surface area contributed by atoms with Crippen LogP contribution in [0.2, 0.25) is 0 Å². The molecular formula is C14H14N2O3. The lowest BCUT2D eigenvalue weighted by Gasteiger charge is -2.06. The molecule has 1 aromatic heterocycles. The van der Waals surface area contributed by atoms with Crippen molar-refractivity contribution in [2.45, 2.75) is 6.42 Å². The van der Waals surface area contributed by atoms with Gasteiger partial charge in [-0.05, 0) is 30.2 Å². The first-order chi connectivity index (χ1) is 9.02. The number of nitrogens with two attached hydrogens (primary N) is 1. The Morgan fingerprint density at radius 1 is 1.47 bits per heavy atom. The van der Waals surface area contributed by atoms with E-state index in [4.69, 9.17) is 10.8 Å². The minimum atomic E-state index is -0.921. The number of carboxylic acid groups (broad SMARTS) is 1. The minimum Gasteiger partial charge on any atom is -0.481 e. The highest BCUT2D eigenvalue weighted by Crippen LogP contribution is 2.23. The van der Waals surface area contributed by atoms with Gasteiger partial charge in [-0.3, -0.25) is 9.59 Å². The fraction of sp³-hybridized carbons (Fsp3) is 0.143. The quantitative estimate of drug-likeness (QED) is 0.712. The van der Waals surface area contributed by atoms with Gasteiger partial charge in [0.15, 0.2) is 0 Å². The average molecular weight is 258 g/mol. The largest absolute Gasteiger partial charge is 0.481 e. The molecule has 0 spiro atoms. The number of aliphatic carboxylic acids is 1. The molecular weight excluding hydrogens is 244 g/mol. The SMILES string of the molecule is C=C[C@@H](Cc1c[nH]c2ccc(C(N)=O)cc12)C(=O)O. The third-order valence-electron chi connectivity index (χ3n) is 3.09. The molecule has 0 fully saturated rings. The van der Waals surface area contributed by atoms with Crippen molar-refractivity contribution in [3.05, 3.63) is 48.2 Å². The number of amides is 1. The summed E-state index contributed by atoms with van der Waals surface area (Å²) in [4.78, 5) is 25.2. The molecule has 19 heavy (non-hydrogen) atoms. The van der Waals surface area contributed by atoms with Crippen LogP contribution < -0.4 is 5.73 Å². The van der Waals surface area contributed by atoms with Crippen molar-refractivity contribution in [2.75, 3.05) is 0 Å². The Hall–Kier alpha value is -2.56. The van der Waals surface area contributed by atoms with E-state index in [0.29, 0.717) is 12.0 Å². The molecule has 1 heterocycles. The number of aromatic nitrogens is 1. The number of primary amides is 1. The first-order valence-electron chi connectivity index (χ1n) is 5.78. The van der Waals surface area contributed by atoms with Crippen LogP contribution in [-0.4, -0.2) is 22.0 Å². The maximum Gasteiger partial charge on any atom is 0.310 e. The van der Waals surface area contributed by atoms with Gasteiger partial charge in [0, 0.05) is 22.7 Å². The number of carboxylic acids is 1. The maximum absolute atomic E-state index is 11.2. The number of nitrogens with one attached hydrogen (secondary N) is 1. The number of carbonyl (C=O) groups is 2. The molecule has 0 radical (unpaired) electrons. The standard InChI is InChI=1S/C14H14N2O3/c1-2-8(14(18)19)5-10-7-16-12-4-3-9(13(15)17)6-11(10)12/h2-4,6-8,16H,1,5H2,(H2,15,17)(H,18,19)/t8-/m0/s1. The van der Waals surface area contributed by atoms with Crippen LogP contribution in [0.3, 0.4) is 0 Å². The van der Waals surface area contributed by atoms with Crippen LogP contribution in [0.4, 0.5) is 0 Å². The van der Waals surface area contributed by atoms with E-state index in [1.54, 1.807) is 24.4 Å². The second-order valence-corrected chi connectivity index (χ2v) is 4.32. The van der Waals surface area contributed by atoms with Crippen LogP contribution in [0.15, 0.2) is 37.1 Å². The Labute approximate surface area is 109 Å². The summed E-state index contributed by atoms with van der Waals surface area (Å²) < 4.78 is 0. The van der Waals surface area contributed by atoms with Crippen molar-refractivity contribution in [3.8, 4) is 0 Å². The van der Waals surface area contributed by atoms with Gasteiger partial charge in [-0.2, -0.15) is 0 Å². The molecule has 0 bridgehead atoms. The second kappa shape index (κ2) is 4.97. The molecule has 0 saturated heterocycles. The second-order valence-electron chi connectivity index (χ2n) is 4.32. The van der Waals surface area contributed by atoms with Gasteiger partial charge in [0.25, 0.3) is 0 Å². The van der Waals surface area contributed by atoms with Crippen LogP contribution in [0.1, 0.15) is 15.9 Å². The van der Waals surface area contributed by atoms with Crippen molar-refractivity contribution >= 4 is 22.8 Å². The summed E-state index contributed by atoms with van der Waals surface area (Å²) >= 11 is 0. The van der Waals surface area contributed by atoms with Crippen molar-refractivity contribution < 1.29 is 14.7 Å². The maximum atomic E-state index is 11.2. The van der Waals surface area contributed by atoms with Crippen LogP contribution in [0, 0.1) is 5.92 Å². The van der Waals surface area contributed by atoms with Crippen LogP contribution in [0.5, 0.6) is 0 Å². The van der Waals surface area contributed by atoms with Gasteiger partial charge in [0.2, 0.25) is 5.91 Å². The van der Waals surface area contributed by atoms with Crippen molar-refractivity contribution in [3.63, 3.8) is 0 Å². The molecule has 1 amide bonds. The molecule has 1 aromatic carbocycles. The number of carbonyl (C=O) groups excluding carboxylic acids is 1. The lowest BCUT2D eigenvalue weighted by molar-refractivity contribution is -0.140. The summed E-state index contributed by atoms with van der Waals surface area (Å²) in [5.41, 5.74) is 7.31. The molecule has 2 aromatic rings. The zero-order valence-electron chi connectivity index (χ0n) is 10.2. The molecule has 4 N–H and O–H groups in total. The van der Waals surface area contributed by atoms with E-state index < -0.39 is 17.8 Å². The Kier molecular flexibility index (Phi) is 3.37. The zero-order valence-corrected chi connectivity index (χ0v) is 10.2. The monoisotopic (exact) mass is 258 g/mol. The molecule has 5 nitrogen and oxygen atoms in total. The molecule has 0 aliphatic carbocycles. The average Bonchev–Trinajstić information content (AvgIpc) is 2.77. The third kappa shape index (κ3) is 2.49. The molecule has 0 saturated carbocycles. The van der Waals surface area contributed by atoms with Gasteiger partial charge in [-0.25, -0.2) is 0 Å². The van der Waals surface area contributed by atoms with Crippen molar-refractivity contribution in [2.24, 2.45) is 11.7 Å². The zero-order chi connectivity index (χ0) is 14.0. The lowest BCUT2D eigenvalue weighted by Crippen LogP contribution is -2.13.